The van der Waals surface area contributed by atoms with Crippen molar-refractivity contribution in [2.45, 2.75) is 24.2 Å². The molecule has 0 bridgehead atoms. The van der Waals surface area contributed by atoms with E-state index in [0.29, 0.717) is 17.5 Å². The van der Waals surface area contributed by atoms with Gasteiger partial charge in [0.15, 0.2) is 17.5 Å². The molecule has 65 heavy (non-hydrogen) atoms. The van der Waals surface area contributed by atoms with Crippen molar-refractivity contribution in [3.63, 3.8) is 0 Å². The summed E-state index contributed by atoms with van der Waals surface area (Å²) in [7, 11) is 0. The molecule has 0 aliphatic heterocycles. The second-order valence-corrected chi connectivity index (χ2v) is 17.5. The van der Waals surface area contributed by atoms with Crippen LogP contribution in [0.3, 0.4) is 0 Å². The standard InChI is InChI=1S/C61H41N3O/c1-3-13-39(14-4-1)41-23-27-43(28-24-41)58-62-59(44-29-25-42(26-30-44)40-15-5-2-6-16-40)64-60(63-58)50-35-53-51-21-11-12-22-56(51)65-57(53)55(37-50)61-32-31-48-33-45-17-7-8-18-46(45)34-52(48)54(61)36-47-19-9-10-20-49(47)38-61/h1-30,33-38,54H,31-32H2. The van der Waals surface area contributed by atoms with Gasteiger partial charge in [0.1, 0.15) is 11.2 Å². The van der Waals surface area contributed by atoms with Crippen LogP contribution in [0.1, 0.15) is 29.0 Å². The summed E-state index contributed by atoms with van der Waals surface area (Å²) in [6, 6.07) is 73.5. The average Bonchev–Trinajstić information content (AvgIpc) is 3.76. The summed E-state index contributed by atoms with van der Waals surface area (Å²) in [6.07, 6.45) is 6.91. The molecule has 2 aliphatic rings. The van der Waals surface area contributed by atoms with Crippen LogP contribution in [0.2, 0.25) is 0 Å². The number of hydrogen-bond donors (Lipinski definition) is 0. The van der Waals surface area contributed by atoms with Gasteiger partial charge in [0.25, 0.3) is 0 Å². The van der Waals surface area contributed by atoms with Gasteiger partial charge in [-0.25, -0.2) is 15.0 Å². The van der Waals surface area contributed by atoms with Crippen LogP contribution in [0.4, 0.5) is 0 Å². The van der Waals surface area contributed by atoms with E-state index in [-0.39, 0.29) is 5.92 Å². The number of hydrogen-bond acceptors (Lipinski definition) is 4. The van der Waals surface area contributed by atoms with Gasteiger partial charge in [0.2, 0.25) is 0 Å². The van der Waals surface area contributed by atoms with E-state index in [2.05, 4.69) is 206 Å². The van der Waals surface area contributed by atoms with Crippen LogP contribution in [-0.2, 0) is 11.8 Å². The van der Waals surface area contributed by atoms with E-state index < -0.39 is 5.41 Å². The highest BCUT2D eigenvalue weighted by Gasteiger charge is 2.45. The third kappa shape index (κ3) is 6.32. The lowest BCUT2D eigenvalue weighted by atomic mass is 9.58. The van der Waals surface area contributed by atoms with E-state index in [9.17, 15) is 0 Å². The van der Waals surface area contributed by atoms with Crippen molar-refractivity contribution in [2.75, 3.05) is 0 Å². The van der Waals surface area contributed by atoms with E-state index in [1.807, 2.05) is 12.1 Å². The fourth-order valence-electron chi connectivity index (χ4n) is 10.6. The molecule has 2 heterocycles. The molecule has 0 saturated heterocycles. The number of para-hydroxylation sites is 1. The van der Waals surface area contributed by atoms with Crippen LogP contribution < -0.4 is 10.4 Å². The Balaban J connectivity index is 1.04. The van der Waals surface area contributed by atoms with Gasteiger partial charge in [-0.3, -0.25) is 0 Å². The predicted octanol–water partition coefficient (Wildman–Crippen LogP) is 13.5. The summed E-state index contributed by atoms with van der Waals surface area (Å²) in [4.78, 5) is 15.9. The highest BCUT2D eigenvalue weighted by molar-refractivity contribution is 6.08. The second-order valence-electron chi connectivity index (χ2n) is 17.5. The molecule has 13 rings (SSSR count). The molecule has 2 unspecified atom stereocenters. The van der Waals surface area contributed by atoms with Crippen molar-refractivity contribution >= 4 is 44.9 Å². The van der Waals surface area contributed by atoms with Crippen LogP contribution >= 0.6 is 0 Å². The number of rotatable bonds is 6. The Morgan fingerprint density at radius 3 is 1.62 bits per heavy atom. The second kappa shape index (κ2) is 15.0. The molecule has 2 aliphatic carbocycles. The quantitative estimate of drug-likeness (QED) is 0.167. The van der Waals surface area contributed by atoms with Crippen LogP contribution in [0.5, 0.6) is 0 Å². The Morgan fingerprint density at radius 2 is 0.954 bits per heavy atom. The molecule has 9 aromatic carbocycles. The van der Waals surface area contributed by atoms with Gasteiger partial charge in [-0.05, 0) is 85.6 Å². The van der Waals surface area contributed by atoms with Crippen molar-refractivity contribution in [2.24, 2.45) is 0 Å². The van der Waals surface area contributed by atoms with E-state index in [1.165, 1.54) is 43.5 Å². The highest BCUT2D eigenvalue weighted by atomic mass is 16.3. The van der Waals surface area contributed by atoms with Crippen molar-refractivity contribution in [3.8, 4) is 56.4 Å². The summed E-state index contributed by atoms with van der Waals surface area (Å²) < 4.78 is 7.01. The van der Waals surface area contributed by atoms with Gasteiger partial charge in [-0.1, -0.05) is 200 Å². The molecule has 0 N–H and O–H groups in total. The molecule has 2 aromatic heterocycles. The zero-order chi connectivity index (χ0) is 42.9. The summed E-state index contributed by atoms with van der Waals surface area (Å²) >= 11 is 0. The third-order valence-corrected chi connectivity index (χ3v) is 13.8. The van der Waals surface area contributed by atoms with E-state index >= 15 is 0 Å². The monoisotopic (exact) mass is 831 g/mol. The normalized spacial score (nSPS) is 16.3. The van der Waals surface area contributed by atoms with Crippen LogP contribution in [-0.4, -0.2) is 15.0 Å². The zero-order valence-corrected chi connectivity index (χ0v) is 35.5. The molecular formula is C61H41N3O. The van der Waals surface area contributed by atoms with Gasteiger partial charge >= 0.3 is 0 Å². The first-order valence-corrected chi connectivity index (χ1v) is 22.5. The lowest BCUT2D eigenvalue weighted by molar-refractivity contribution is 0.450. The molecule has 0 fully saturated rings. The van der Waals surface area contributed by atoms with Crippen molar-refractivity contribution in [1.29, 1.82) is 0 Å². The third-order valence-electron chi connectivity index (χ3n) is 13.8. The molecule has 306 valence electrons. The lowest BCUT2D eigenvalue weighted by Gasteiger charge is -2.44. The number of fused-ring (bicyclic) bond motifs is 8. The summed E-state index contributed by atoms with van der Waals surface area (Å²) in [5.74, 6) is 1.93. The topological polar surface area (TPSA) is 51.8 Å². The van der Waals surface area contributed by atoms with Crippen LogP contribution in [0.15, 0.2) is 211 Å². The Labute approximate surface area is 376 Å². The highest BCUT2D eigenvalue weighted by Crippen LogP contribution is 2.54. The van der Waals surface area contributed by atoms with Crippen LogP contribution in [0, 0.1) is 0 Å². The number of nitrogens with zero attached hydrogens (tertiary/aromatic N) is 3. The number of furan rings is 1. The van der Waals surface area contributed by atoms with Gasteiger partial charge in [-0.15, -0.1) is 0 Å². The lowest BCUT2D eigenvalue weighted by Crippen LogP contribution is -2.44. The average molecular weight is 832 g/mol. The van der Waals surface area contributed by atoms with E-state index in [4.69, 9.17) is 19.4 Å². The Hall–Kier alpha value is -8.21. The fourth-order valence-corrected chi connectivity index (χ4v) is 10.6. The van der Waals surface area contributed by atoms with Gasteiger partial charge in [0, 0.05) is 44.4 Å². The summed E-state index contributed by atoms with van der Waals surface area (Å²) in [6.45, 7) is 0. The van der Waals surface area contributed by atoms with Crippen molar-refractivity contribution in [1.82, 2.24) is 15.0 Å². The van der Waals surface area contributed by atoms with E-state index in [1.54, 1.807) is 0 Å². The largest absolute Gasteiger partial charge is 0.456 e. The first kappa shape index (κ1) is 37.4. The Bertz CT molecular complexity index is 3660. The Morgan fingerprint density at radius 1 is 0.431 bits per heavy atom. The van der Waals surface area contributed by atoms with Crippen molar-refractivity contribution in [3.05, 3.63) is 233 Å². The van der Waals surface area contributed by atoms with E-state index in [0.717, 1.165) is 68.2 Å². The molecule has 2 atom stereocenters. The Kier molecular flexibility index (Phi) is 8.60. The van der Waals surface area contributed by atoms with Crippen molar-refractivity contribution < 1.29 is 4.42 Å². The van der Waals surface area contributed by atoms with Gasteiger partial charge in [0.05, 0.1) is 0 Å². The number of benzene rings is 9. The SMILES string of the molecule is C1=c2ccccc2=CC2(c3cc(-c4nc(-c5ccc(-c6ccccc6)cc5)nc(-c5ccc(-c6ccccc6)cc5)n4)cc4c3oc3ccccc34)CCc3cc4ccccc4cc3C12. The molecule has 0 saturated carbocycles. The number of aryl methyl sites for hydroxylation is 1. The smallest absolute Gasteiger partial charge is 0.164 e. The minimum atomic E-state index is -0.425. The first-order valence-electron chi connectivity index (χ1n) is 22.5. The minimum absolute atomic E-state index is 0.0631. The molecule has 4 heteroatoms. The molecule has 0 amide bonds. The van der Waals surface area contributed by atoms with Gasteiger partial charge in [-0.2, -0.15) is 0 Å². The summed E-state index contributed by atoms with van der Waals surface area (Å²) in [5.41, 5.74) is 12.7. The van der Waals surface area contributed by atoms with Gasteiger partial charge < -0.3 is 4.42 Å². The zero-order valence-electron chi connectivity index (χ0n) is 35.5. The predicted molar refractivity (Wildman–Crippen MR) is 266 cm³/mol. The molecule has 11 aromatic rings. The fraction of sp³-hybridized carbons (Fsp3) is 0.0656. The maximum absolute atomic E-state index is 7.01. The molecular weight excluding hydrogens is 791 g/mol. The minimum Gasteiger partial charge on any atom is -0.456 e. The number of aromatic nitrogens is 3. The summed E-state index contributed by atoms with van der Waals surface area (Å²) in [5, 5.41) is 7.17. The first-order chi connectivity index (χ1) is 32.1. The molecule has 0 spiro atoms. The molecule has 4 nitrogen and oxygen atoms in total. The maximum Gasteiger partial charge on any atom is 0.164 e. The maximum atomic E-state index is 7.01. The van der Waals surface area contributed by atoms with Crippen LogP contribution in [0.25, 0.3) is 101 Å². The molecule has 0 radical (unpaired) electrons.